The normalized spacial score (nSPS) is 13.6. The Kier molecular flexibility index (Phi) is 5.12. The van der Waals surface area contributed by atoms with Crippen LogP contribution in [0.2, 0.25) is 0 Å². The van der Waals surface area contributed by atoms with Gasteiger partial charge >= 0.3 is 0 Å². The molecule has 7 aromatic carbocycles. The average molecular weight is 586 g/mol. The fourth-order valence-electron chi connectivity index (χ4n) is 8.26. The summed E-state index contributed by atoms with van der Waals surface area (Å²) in [6.45, 7) is 4.70. The third kappa shape index (κ3) is 3.46. The standard InChI is InChI=1S/C45H31N/c1-45(2)40-18-6-3-15-34(40)35-22-21-32(27-41(35)45)30-13-9-11-28(23-30)29-12-10-14-31(24-29)33-25-38-36-16-4-7-19-42(36)46-43-20-8-5-17-37(43)39(26-33)44(38)46/h3-27H,1-2H3. The van der Waals surface area contributed by atoms with Gasteiger partial charge in [-0.05, 0) is 98.1 Å². The zero-order valence-corrected chi connectivity index (χ0v) is 25.9. The van der Waals surface area contributed by atoms with Crippen LogP contribution in [0.4, 0.5) is 0 Å². The smallest absolute Gasteiger partial charge is 0.0620 e. The molecule has 0 saturated carbocycles. The summed E-state index contributed by atoms with van der Waals surface area (Å²) in [5.41, 5.74) is 16.8. The van der Waals surface area contributed by atoms with Gasteiger partial charge in [0.2, 0.25) is 0 Å². The van der Waals surface area contributed by atoms with Crippen molar-refractivity contribution in [1.82, 2.24) is 4.40 Å². The number of benzene rings is 7. The lowest BCUT2D eigenvalue weighted by Gasteiger charge is -2.22. The van der Waals surface area contributed by atoms with E-state index in [4.69, 9.17) is 0 Å². The third-order valence-electron chi connectivity index (χ3n) is 10.5. The van der Waals surface area contributed by atoms with Crippen molar-refractivity contribution in [2.45, 2.75) is 19.3 Å². The minimum absolute atomic E-state index is 0.0118. The van der Waals surface area contributed by atoms with E-state index in [1.807, 2.05) is 0 Å². The molecule has 0 atom stereocenters. The van der Waals surface area contributed by atoms with Gasteiger partial charge in [0.15, 0.2) is 0 Å². The van der Waals surface area contributed by atoms with Gasteiger partial charge in [0.05, 0.1) is 16.6 Å². The van der Waals surface area contributed by atoms with E-state index in [2.05, 4.69) is 170 Å². The highest BCUT2D eigenvalue weighted by Gasteiger charge is 2.35. The summed E-state index contributed by atoms with van der Waals surface area (Å²) in [7, 11) is 0. The molecule has 0 fully saturated rings. The minimum atomic E-state index is -0.0118. The van der Waals surface area contributed by atoms with Crippen LogP contribution in [0, 0.1) is 0 Å². The molecule has 1 aliphatic carbocycles. The Balaban J connectivity index is 1.09. The molecule has 1 aliphatic rings. The van der Waals surface area contributed by atoms with Crippen molar-refractivity contribution in [2.24, 2.45) is 0 Å². The summed E-state index contributed by atoms with van der Waals surface area (Å²) >= 11 is 0. The van der Waals surface area contributed by atoms with Crippen molar-refractivity contribution >= 4 is 38.1 Å². The summed E-state index contributed by atoms with van der Waals surface area (Å²) in [5, 5.41) is 5.24. The Morgan fingerprint density at radius 2 is 0.870 bits per heavy atom. The Morgan fingerprint density at radius 3 is 1.50 bits per heavy atom. The topological polar surface area (TPSA) is 4.41 Å². The van der Waals surface area contributed by atoms with E-state index in [0.29, 0.717) is 0 Å². The first kappa shape index (κ1) is 25.6. The molecule has 0 aliphatic heterocycles. The van der Waals surface area contributed by atoms with Crippen LogP contribution in [0.15, 0.2) is 152 Å². The SMILES string of the molecule is CC1(C)c2ccccc2-c2ccc(-c3cccc(-c4cccc(-c5cc6c7ccccc7n7c8ccccc8c(c5)c67)c4)c3)cc21. The van der Waals surface area contributed by atoms with E-state index in [1.54, 1.807) is 0 Å². The van der Waals surface area contributed by atoms with Crippen molar-refractivity contribution in [2.75, 3.05) is 0 Å². The van der Waals surface area contributed by atoms with E-state index in [-0.39, 0.29) is 5.41 Å². The fourth-order valence-corrected chi connectivity index (χ4v) is 8.26. The van der Waals surface area contributed by atoms with Crippen LogP contribution in [0.1, 0.15) is 25.0 Å². The van der Waals surface area contributed by atoms with Gasteiger partial charge in [-0.3, -0.25) is 0 Å². The maximum absolute atomic E-state index is 2.44. The van der Waals surface area contributed by atoms with Crippen molar-refractivity contribution in [1.29, 1.82) is 0 Å². The molecule has 0 N–H and O–H groups in total. The number of hydrogen-bond acceptors (Lipinski definition) is 0. The Morgan fingerprint density at radius 1 is 0.370 bits per heavy atom. The molecular formula is C45H31N. The van der Waals surface area contributed by atoms with Crippen molar-refractivity contribution in [3.63, 3.8) is 0 Å². The van der Waals surface area contributed by atoms with E-state index in [9.17, 15) is 0 Å². The van der Waals surface area contributed by atoms with Gasteiger partial charge in [-0.15, -0.1) is 0 Å². The molecule has 216 valence electrons. The summed E-state index contributed by atoms with van der Waals surface area (Å²) < 4.78 is 2.44. The van der Waals surface area contributed by atoms with Crippen LogP contribution in [0.3, 0.4) is 0 Å². The van der Waals surface area contributed by atoms with Crippen LogP contribution in [-0.2, 0) is 5.41 Å². The first-order valence-electron chi connectivity index (χ1n) is 16.2. The van der Waals surface area contributed by atoms with Crippen LogP contribution in [0.5, 0.6) is 0 Å². The molecule has 9 aromatic rings. The summed E-state index contributed by atoms with van der Waals surface area (Å²) in [6, 6.07) is 56.4. The van der Waals surface area contributed by atoms with Gasteiger partial charge < -0.3 is 4.40 Å². The second-order valence-corrected chi connectivity index (χ2v) is 13.4. The zero-order valence-electron chi connectivity index (χ0n) is 25.9. The summed E-state index contributed by atoms with van der Waals surface area (Å²) in [6.07, 6.45) is 0. The number of para-hydroxylation sites is 2. The van der Waals surface area contributed by atoms with E-state index in [0.717, 1.165) is 0 Å². The molecule has 46 heavy (non-hydrogen) atoms. The highest BCUT2D eigenvalue weighted by Crippen LogP contribution is 2.49. The minimum Gasteiger partial charge on any atom is -0.308 e. The average Bonchev–Trinajstić information content (AvgIpc) is 3.71. The molecule has 0 bridgehead atoms. The number of aromatic nitrogens is 1. The van der Waals surface area contributed by atoms with Crippen molar-refractivity contribution in [3.05, 3.63) is 163 Å². The largest absolute Gasteiger partial charge is 0.308 e. The highest BCUT2D eigenvalue weighted by molar-refractivity contribution is 6.24. The van der Waals surface area contributed by atoms with E-state index < -0.39 is 0 Å². The van der Waals surface area contributed by atoms with E-state index in [1.165, 1.54) is 93.7 Å². The Hall–Kier alpha value is -5.66. The molecule has 0 amide bonds. The molecule has 0 saturated heterocycles. The van der Waals surface area contributed by atoms with E-state index >= 15 is 0 Å². The second-order valence-electron chi connectivity index (χ2n) is 13.4. The molecule has 0 unspecified atom stereocenters. The molecule has 1 nitrogen and oxygen atoms in total. The summed E-state index contributed by atoms with van der Waals surface area (Å²) in [5.74, 6) is 0. The highest BCUT2D eigenvalue weighted by atomic mass is 14.9. The molecule has 2 heterocycles. The van der Waals surface area contributed by atoms with Gasteiger partial charge in [0, 0.05) is 27.0 Å². The lowest BCUT2D eigenvalue weighted by atomic mass is 9.81. The second kappa shape index (κ2) is 9.19. The lowest BCUT2D eigenvalue weighted by molar-refractivity contribution is 0.660. The quantitative estimate of drug-likeness (QED) is 0.194. The van der Waals surface area contributed by atoms with Gasteiger partial charge in [0.25, 0.3) is 0 Å². The number of nitrogens with zero attached hydrogens (tertiary/aromatic N) is 1. The Labute approximate surface area is 268 Å². The van der Waals surface area contributed by atoms with Gasteiger partial charge in [-0.1, -0.05) is 123 Å². The Bertz CT molecular complexity index is 2580. The van der Waals surface area contributed by atoms with Crippen molar-refractivity contribution in [3.8, 4) is 44.5 Å². The van der Waals surface area contributed by atoms with Crippen molar-refractivity contribution < 1.29 is 0 Å². The molecular weight excluding hydrogens is 555 g/mol. The molecule has 10 rings (SSSR count). The van der Waals surface area contributed by atoms with Crippen LogP contribution in [0.25, 0.3) is 82.6 Å². The van der Waals surface area contributed by atoms with Gasteiger partial charge in [-0.25, -0.2) is 0 Å². The first-order chi connectivity index (χ1) is 22.6. The number of hydrogen-bond donors (Lipinski definition) is 0. The first-order valence-corrected chi connectivity index (χ1v) is 16.2. The van der Waals surface area contributed by atoms with Crippen LogP contribution < -0.4 is 0 Å². The fraction of sp³-hybridized carbons (Fsp3) is 0.0667. The maximum Gasteiger partial charge on any atom is 0.0620 e. The zero-order chi connectivity index (χ0) is 30.6. The predicted molar refractivity (Wildman–Crippen MR) is 195 cm³/mol. The molecule has 0 radical (unpaired) electrons. The van der Waals surface area contributed by atoms with Crippen LogP contribution >= 0.6 is 0 Å². The number of fused-ring (bicyclic) bond motifs is 9. The monoisotopic (exact) mass is 585 g/mol. The maximum atomic E-state index is 2.44. The van der Waals surface area contributed by atoms with Gasteiger partial charge in [0.1, 0.15) is 0 Å². The third-order valence-corrected chi connectivity index (χ3v) is 10.5. The van der Waals surface area contributed by atoms with Crippen LogP contribution in [-0.4, -0.2) is 4.40 Å². The molecule has 0 spiro atoms. The molecule has 2 aromatic heterocycles. The predicted octanol–water partition coefficient (Wildman–Crippen LogP) is 12.1. The molecule has 1 heteroatoms. The van der Waals surface area contributed by atoms with Gasteiger partial charge in [-0.2, -0.15) is 0 Å². The number of rotatable bonds is 3. The summed E-state index contributed by atoms with van der Waals surface area (Å²) in [4.78, 5) is 0. The lowest BCUT2D eigenvalue weighted by Crippen LogP contribution is -2.14.